The highest BCUT2D eigenvalue weighted by atomic mass is 19.1. The van der Waals surface area contributed by atoms with Gasteiger partial charge in [0.2, 0.25) is 11.7 Å². The number of rotatable bonds is 5. The lowest BCUT2D eigenvalue weighted by Gasteiger charge is -2.01. The van der Waals surface area contributed by atoms with Gasteiger partial charge in [-0.1, -0.05) is 6.92 Å². The number of nitro benzene ring substituents is 1. The van der Waals surface area contributed by atoms with Crippen LogP contribution < -0.4 is 5.32 Å². The maximum Gasteiger partial charge on any atom is 0.305 e. The van der Waals surface area contributed by atoms with Gasteiger partial charge in [-0.15, -0.1) is 0 Å². The second-order valence-electron chi connectivity index (χ2n) is 3.94. The third kappa shape index (κ3) is 2.64. The zero-order valence-corrected chi connectivity index (χ0v) is 10.5. The van der Waals surface area contributed by atoms with Gasteiger partial charge >= 0.3 is 5.69 Å². The first-order chi connectivity index (χ1) is 9.54. The Morgan fingerprint density at radius 1 is 1.45 bits per heavy atom. The Kier molecular flexibility index (Phi) is 4.04. The topological polar surface area (TPSA) is 81.2 Å². The molecule has 1 heterocycles. The molecule has 0 aliphatic heterocycles. The van der Waals surface area contributed by atoms with Gasteiger partial charge in [-0.25, -0.2) is 9.37 Å². The summed E-state index contributed by atoms with van der Waals surface area (Å²) in [7, 11) is 0. The third-order valence-corrected chi connectivity index (χ3v) is 2.59. The van der Waals surface area contributed by atoms with Crippen molar-refractivity contribution in [2.24, 2.45) is 0 Å². The van der Waals surface area contributed by atoms with Crippen LogP contribution in [0.4, 0.5) is 14.5 Å². The number of oxazole rings is 1. The molecule has 106 valence electrons. The number of nitro groups is 1. The van der Waals surface area contributed by atoms with Crippen LogP contribution in [0.15, 0.2) is 22.8 Å². The van der Waals surface area contributed by atoms with Crippen LogP contribution in [-0.4, -0.2) is 16.5 Å². The maximum absolute atomic E-state index is 13.9. The van der Waals surface area contributed by atoms with E-state index >= 15 is 0 Å². The van der Waals surface area contributed by atoms with Gasteiger partial charge in [0, 0.05) is 12.6 Å². The van der Waals surface area contributed by atoms with Crippen LogP contribution in [0.5, 0.6) is 0 Å². The zero-order chi connectivity index (χ0) is 14.7. The van der Waals surface area contributed by atoms with E-state index in [1.165, 1.54) is 6.26 Å². The van der Waals surface area contributed by atoms with E-state index < -0.39 is 27.8 Å². The molecular formula is C12H11F2N3O3. The minimum Gasteiger partial charge on any atom is -0.444 e. The molecular weight excluding hydrogens is 272 g/mol. The van der Waals surface area contributed by atoms with Crippen molar-refractivity contribution >= 4 is 5.69 Å². The molecule has 2 rings (SSSR count). The fourth-order valence-electron chi connectivity index (χ4n) is 1.63. The molecule has 0 radical (unpaired) electrons. The molecule has 0 amide bonds. The normalized spacial score (nSPS) is 10.8. The molecule has 6 nitrogen and oxygen atoms in total. The van der Waals surface area contributed by atoms with Gasteiger partial charge in [0.25, 0.3) is 0 Å². The highest BCUT2D eigenvalue weighted by Gasteiger charge is 2.25. The summed E-state index contributed by atoms with van der Waals surface area (Å²) in [4.78, 5) is 13.6. The predicted octanol–water partition coefficient (Wildman–Crippen LogP) is 2.64. The van der Waals surface area contributed by atoms with Crippen LogP contribution >= 0.6 is 0 Å². The lowest BCUT2D eigenvalue weighted by molar-refractivity contribution is -0.387. The smallest absolute Gasteiger partial charge is 0.305 e. The maximum atomic E-state index is 13.9. The van der Waals surface area contributed by atoms with Gasteiger partial charge in [-0.05, 0) is 12.6 Å². The predicted molar refractivity (Wildman–Crippen MR) is 65.9 cm³/mol. The number of nitrogens with zero attached hydrogens (tertiary/aromatic N) is 2. The minimum atomic E-state index is -1.30. The van der Waals surface area contributed by atoms with Crippen LogP contribution in [0.1, 0.15) is 12.6 Å². The SMILES string of the molecule is CCNCc1coc(-c2c(F)ccc([N+](=O)[O-])c2F)n1. The quantitative estimate of drug-likeness (QED) is 0.674. The third-order valence-electron chi connectivity index (χ3n) is 2.59. The van der Waals surface area contributed by atoms with E-state index in [0.717, 1.165) is 12.1 Å². The molecule has 20 heavy (non-hydrogen) atoms. The molecule has 8 heteroatoms. The molecule has 1 aromatic heterocycles. The average molecular weight is 283 g/mol. The van der Waals surface area contributed by atoms with Crippen LogP contribution in [0.2, 0.25) is 0 Å². The number of nitrogens with one attached hydrogen (secondary N) is 1. The fourth-order valence-corrected chi connectivity index (χ4v) is 1.63. The molecule has 2 aromatic rings. The molecule has 0 fully saturated rings. The van der Waals surface area contributed by atoms with Crippen molar-refractivity contribution in [3.63, 3.8) is 0 Å². The summed E-state index contributed by atoms with van der Waals surface area (Å²) in [6, 6.07) is 1.57. The zero-order valence-electron chi connectivity index (χ0n) is 10.5. The first kappa shape index (κ1) is 14.1. The van der Waals surface area contributed by atoms with Gasteiger partial charge < -0.3 is 9.73 Å². The summed E-state index contributed by atoms with van der Waals surface area (Å²) in [5.41, 5.74) is -1.01. The van der Waals surface area contributed by atoms with Crippen molar-refractivity contribution in [1.29, 1.82) is 0 Å². The van der Waals surface area contributed by atoms with E-state index in [2.05, 4.69) is 10.3 Å². The Hall–Kier alpha value is -2.35. The van der Waals surface area contributed by atoms with Crippen molar-refractivity contribution in [1.82, 2.24) is 10.3 Å². The standard InChI is InChI=1S/C12H11F2N3O3/c1-2-15-5-7-6-20-12(16-7)10-8(13)3-4-9(11(10)14)17(18)19/h3-4,6,15H,2,5H2,1H3. The van der Waals surface area contributed by atoms with E-state index in [4.69, 9.17) is 4.42 Å². The lowest BCUT2D eigenvalue weighted by atomic mass is 10.1. The van der Waals surface area contributed by atoms with Crippen molar-refractivity contribution in [3.05, 3.63) is 45.8 Å². The lowest BCUT2D eigenvalue weighted by Crippen LogP contribution is -2.11. The van der Waals surface area contributed by atoms with Crippen LogP contribution in [0.3, 0.4) is 0 Å². The van der Waals surface area contributed by atoms with Crippen molar-refractivity contribution < 1.29 is 18.1 Å². The van der Waals surface area contributed by atoms with Gasteiger partial charge in [0.1, 0.15) is 17.6 Å². The fraction of sp³-hybridized carbons (Fsp3) is 0.250. The summed E-state index contributed by atoms with van der Waals surface area (Å²) in [6.45, 7) is 2.96. The number of halogens is 2. The Labute approximate surface area is 112 Å². The Morgan fingerprint density at radius 2 is 2.20 bits per heavy atom. The molecule has 0 aliphatic rings. The molecule has 0 saturated heterocycles. The molecule has 0 atom stereocenters. The first-order valence-electron chi connectivity index (χ1n) is 5.82. The van der Waals surface area contributed by atoms with Crippen LogP contribution in [-0.2, 0) is 6.54 Å². The molecule has 1 aromatic carbocycles. The summed E-state index contributed by atoms with van der Waals surface area (Å²) in [6.07, 6.45) is 1.25. The highest BCUT2D eigenvalue weighted by molar-refractivity contribution is 5.60. The number of aromatic nitrogens is 1. The summed E-state index contributed by atoms with van der Waals surface area (Å²) in [5.74, 6) is -2.59. The van der Waals surface area contributed by atoms with Crippen molar-refractivity contribution in [2.45, 2.75) is 13.5 Å². The summed E-state index contributed by atoms with van der Waals surface area (Å²) in [5, 5.41) is 13.6. The molecule has 0 aliphatic carbocycles. The summed E-state index contributed by atoms with van der Waals surface area (Å²) < 4.78 is 32.6. The Morgan fingerprint density at radius 3 is 2.85 bits per heavy atom. The van der Waals surface area contributed by atoms with Crippen molar-refractivity contribution in [3.8, 4) is 11.5 Å². The van der Waals surface area contributed by atoms with Gasteiger partial charge in [-0.2, -0.15) is 4.39 Å². The highest BCUT2D eigenvalue weighted by Crippen LogP contribution is 2.31. The van der Waals surface area contributed by atoms with Crippen molar-refractivity contribution in [2.75, 3.05) is 6.54 Å². The van der Waals surface area contributed by atoms with Crippen LogP contribution in [0.25, 0.3) is 11.5 Å². The largest absolute Gasteiger partial charge is 0.444 e. The van der Waals surface area contributed by atoms with E-state index in [9.17, 15) is 18.9 Å². The molecule has 0 bridgehead atoms. The number of benzene rings is 1. The second kappa shape index (κ2) is 5.74. The molecule has 0 spiro atoms. The van der Waals surface area contributed by atoms with Crippen LogP contribution in [0, 0.1) is 21.7 Å². The number of hydrogen-bond acceptors (Lipinski definition) is 5. The minimum absolute atomic E-state index is 0.323. The second-order valence-corrected chi connectivity index (χ2v) is 3.94. The molecule has 1 N–H and O–H groups in total. The van der Waals surface area contributed by atoms with Gasteiger partial charge in [0.05, 0.1) is 10.6 Å². The van der Waals surface area contributed by atoms with E-state index in [1.54, 1.807) is 0 Å². The van der Waals surface area contributed by atoms with E-state index in [0.29, 0.717) is 18.8 Å². The summed E-state index contributed by atoms with van der Waals surface area (Å²) >= 11 is 0. The van der Waals surface area contributed by atoms with E-state index in [-0.39, 0.29) is 5.89 Å². The van der Waals surface area contributed by atoms with Gasteiger partial charge in [0.15, 0.2) is 0 Å². The monoisotopic (exact) mass is 283 g/mol. The molecule has 0 saturated carbocycles. The number of hydrogen-bond donors (Lipinski definition) is 1. The molecule has 0 unspecified atom stereocenters. The first-order valence-corrected chi connectivity index (χ1v) is 5.82. The Bertz CT molecular complexity index is 643. The van der Waals surface area contributed by atoms with Gasteiger partial charge in [-0.3, -0.25) is 10.1 Å². The van der Waals surface area contributed by atoms with E-state index in [1.807, 2.05) is 6.92 Å². The average Bonchev–Trinajstić information content (AvgIpc) is 2.84. The Balaban J connectivity index is 2.44.